The molecule has 0 radical (unpaired) electrons. The fourth-order valence-electron chi connectivity index (χ4n) is 3.04. The summed E-state index contributed by atoms with van der Waals surface area (Å²) in [5, 5.41) is 9.77. The van der Waals surface area contributed by atoms with E-state index in [4.69, 9.17) is 0 Å². The first-order valence-electron chi connectivity index (χ1n) is 7.58. The van der Waals surface area contributed by atoms with Gasteiger partial charge in [0.05, 0.1) is 6.61 Å². The van der Waals surface area contributed by atoms with Gasteiger partial charge in [0.1, 0.15) is 0 Å². The normalized spacial score (nSPS) is 13.7. The summed E-state index contributed by atoms with van der Waals surface area (Å²) in [6.07, 6.45) is 0. The van der Waals surface area contributed by atoms with Gasteiger partial charge in [-0.2, -0.15) is 0 Å². The highest BCUT2D eigenvalue weighted by Gasteiger charge is 2.33. The highest BCUT2D eigenvalue weighted by Crippen LogP contribution is 2.42. The van der Waals surface area contributed by atoms with Crippen LogP contribution in [-0.4, -0.2) is 5.11 Å². The summed E-state index contributed by atoms with van der Waals surface area (Å²) in [4.78, 5) is 0. The molecule has 0 heterocycles. The zero-order chi connectivity index (χ0) is 15.9. The molecule has 0 aliphatic rings. The molecule has 114 valence electrons. The summed E-state index contributed by atoms with van der Waals surface area (Å²) in [5.41, 5.74) is 5.39. The van der Waals surface area contributed by atoms with Crippen LogP contribution in [0.5, 0.6) is 0 Å². The van der Waals surface area contributed by atoms with E-state index in [0.717, 1.165) is 5.56 Å². The molecule has 0 spiro atoms. The van der Waals surface area contributed by atoms with Gasteiger partial charge in [-0.25, -0.2) is 0 Å². The van der Waals surface area contributed by atoms with E-state index in [1.807, 2.05) is 0 Å². The largest absolute Gasteiger partial charge is 0.392 e. The van der Waals surface area contributed by atoms with Gasteiger partial charge in [0.2, 0.25) is 0 Å². The van der Waals surface area contributed by atoms with Crippen molar-refractivity contribution in [3.8, 4) is 0 Å². The molecule has 1 aromatic rings. The SMILES string of the molecule is CC(C)(C)c1ccc(CO)c(C(C)(C)C)c1C(C)(C)C. The van der Waals surface area contributed by atoms with Crippen molar-refractivity contribution in [3.05, 3.63) is 34.4 Å². The molecule has 1 heteroatoms. The average molecular weight is 276 g/mol. The Labute approximate surface area is 125 Å². The summed E-state index contributed by atoms with van der Waals surface area (Å²) < 4.78 is 0. The number of hydrogen-bond acceptors (Lipinski definition) is 1. The Bertz CT molecular complexity index is 476. The number of benzene rings is 1. The molecule has 1 nitrogen and oxygen atoms in total. The summed E-state index contributed by atoms with van der Waals surface area (Å²) >= 11 is 0. The summed E-state index contributed by atoms with van der Waals surface area (Å²) in [7, 11) is 0. The number of aliphatic hydroxyl groups excluding tert-OH is 1. The minimum atomic E-state index is 0.0297. The van der Waals surface area contributed by atoms with Gasteiger partial charge in [0.15, 0.2) is 0 Å². The summed E-state index contributed by atoms with van der Waals surface area (Å²) in [6, 6.07) is 4.32. The van der Waals surface area contributed by atoms with Crippen LogP contribution in [0.1, 0.15) is 84.6 Å². The second kappa shape index (κ2) is 5.18. The van der Waals surface area contributed by atoms with Gasteiger partial charge in [-0.15, -0.1) is 0 Å². The van der Waals surface area contributed by atoms with Crippen LogP contribution in [0.3, 0.4) is 0 Å². The molecule has 20 heavy (non-hydrogen) atoms. The predicted octanol–water partition coefficient (Wildman–Crippen LogP) is 5.07. The van der Waals surface area contributed by atoms with Crippen LogP contribution in [-0.2, 0) is 22.9 Å². The third kappa shape index (κ3) is 3.44. The molecule has 0 saturated heterocycles. The van der Waals surface area contributed by atoms with Crippen molar-refractivity contribution in [1.82, 2.24) is 0 Å². The summed E-state index contributed by atoms with van der Waals surface area (Å²) in [5.74, 6) is 0. The predicted molar refractivity (Wildman–Crippen MR) is 88.5 cm³/mol. The number of hydrogen-bond donors (Lipinski definition) is 1. The molecule has 0 fully saturated rings. The molecule has 1 rings (SSSR count). The Kier molecular flexibility index (Phi) is 4.46. The lowest BCUT2D eigenvalue weighted by atomic mass is 9.67. The van der Waals surface area contributed by atoms with Gasteiger partial charge in [-0.1, -0.05) is 74.4 Å². The topological polar surface area (TPSA) is 20.2 Å². The first kappa shape index (κ1) is 17.2. The second-order valence-corrected chi connectivity index (χ2v) is 8.93. The number of rotatable bonds is 1. The van der Waals surface area contributed by atoms with Crippen LogP contribution >= 0.6 is 0 Å². The van der Waals surface area contributed by atoms with Gasteiger partial charge in [0, 0.05) is 0 Å². The lowest BCUT2D eigenvalue weighted by molar-refractivity contribution is 0.277. The zero-order valence-electron chi connectivity index (χ0n) is 14.8. The zero-order valence-corrected chi connectivity index (χ0v) is 14.8. The standard InChI is InChI=1S/C19H32O/c1-17(2,3)14-11-10-13(12-20)15(18(4,5)6)16(14)19(7,8)9/h10-11,20H,12H2,1-9H3. The Morgan fingerprint density at radius 1 is 0.700 bits per heavy atom. The highest BCUT2D eigenvalue weighted by atomic mass is 16.3. The molecular formula is C19H32O. The van der Waals surface area contributed by atoms with Crippen LogP contribution in [0, 0.1) is 0 Å². The van der Waals surface area contributed by atoms with Gasteiger partial charge < -0.3 is 5.11 Å². The van der Waals surface area contributed by atoms with E-state index >= 15 is 0 Å². The molecule has 0 aliphatic carbocycles. The van der Waals surface area contributed by atoms with E-state index in [0.29, 0.717) is 0 Å². The second-order valence-electron chi connectivity index (χ2n) is 8.93. The van der Waals surface area contributed by atoms with Crippen molar-refractivity contribution < 1.29 is 5.11 Å². The van der Waals surface area contributed by atoms with E-state index in [-0.39, 0.29) is 22.9 Å². The first-order valence-corrected chi connectivity index (χ1v) is 7.58. The molecule has 1 N–H and O–H groups in total. The van der Waals surface area contributed by atoms with Gasteiger partial charge in [0.25, 0.3) is 0 Å². The van der Waals surface area contributed by atoms with Crippen molar-refractivity contribution in [2.24, 2.45) is 0 Å². The Morgan fingerprint density at radius 3 is 1.45 bits per heavy atom. The van der Waals surface area contributed by atoms with E-state index in [9.17, 15) is 5.11 Å². The van der Waals surface area contributed by atoms with E-state index in [1.165, 1.54) is 16.7 Å². The molecular weight excluding hydrogens is 244 g/mol. The lowest BCUT2D eigenvalue weighted by Gasteiger charge is -2.37. The number of aliphatic hydroxyl groups is 1. The van der Waals surface area contributed by atoms with Crippen LogP contribution in [0.15, 0.2) is 12.1 Å². The molecule has 0 aromatic heterocycles. The van der Waals surface area contributed by atoms with Crippen LogP contribution in [0.4, 0.5) is 0 Å². The van der Waals surface area contributed by atoms with Gasteiger partial charge in [-0.3, -0.25) is 0 Å². The molecule has 0 unspecified atom stereocenters. The Hall–Kier alpha value is -0.820. The minimum absolute atomic E-state index is 0.0297. The van der Waals surface area contributed by atoms with Crippen LogP contribution < -0.4 is 0 Å². The van der Waals surface area contributed by atoms with Crippen LogP contribution in [0.2, 0.25) is 0 Å². The van der Waals surface area contributed by atoms with E-state index in [1.54, 1.807) is 0 Å². The molecule has 0 amide bonds. The van der Waals surface area contributed by atoms with E-state index < -0.39 is 0 Å². The quantitative estimate of drug-likeness (QED) is 0.759. The highest BCUT2D eigenvalue weighted by molar-refractivity contribution is 5.50. The Morgan fingerprint density at radius 2 is 1.15 bits per heavy atom. The molecule has 0 saturated carbocycles. The average Bonchev–Trinajstić information content (AvgIpc) is 2.23. The van der Waals surface area contributed by atoms with Crippen molar-refractivity contribution in [2.45, 2.75) is 85.2 Å². The molecule has 0 bridgehead atoms. The maximum atomic E-state index is 9.77. The minimum Gasteiger partial charge on any atom is -0.392 e. The molecule has 0 atom stereocenters. The monoisotopic (exact) mass is 276 g/mol. The maximum Gasteiger partial charge on any atom is 0.0684 e. The lowest BCUT2D eigenvalue weighted by Crippen LogP contribution is -2.29. The summed E-state index contributed by atoms with van der Waals surface area (Å²) in [6.45, 7) is 20.4. The fourth-order valence-corrected chi connectivity index (χ4v) is 3.04. The van der Waals surface area contributed by atoms with Crippen molar-refractivity contribution in [3.63, 3.8) is 0 Å². The van der Waals surface area contributed by atoms with Crippen molar-refractivity contribution in [1.29, 1.82) is 0 Å². The fraction of sp³-hybridized carbons (Fsp3) is 0.684. The molecule has 1 aromatic carbocycles. The Balaban J connectivity index is 3.87. The van der Waals surface area contributed by atoms with Gasteiger partial charge >= 0.3 is 0 Å². The van der Waals surface area contributed by atoms with Crippen molar-refractivity contribution in [2.75, 3.05) is 0 Å². The van der Waals surface area contributed by atoms with Gasteiger partial charge in [-0.05, 0) is 38.5 Å². The van der Waals surface area contributed by atoms with E-state index in [2.05, 4.69) is 74.4 Å². The van der Waals surface area contributed by atoms with Crippen molar-refractivity contribution >= 4 is 0 Å². The third-order valence-corrected chi connectivity index (χ3v) is 3.77. The first-order chi connectivity index (χ1) is 8.80. The molecule has 0 aliphatic heterocycles. The maximum absolute atomic E-state index is 9.77. The third-order valence-electron chi connectivity index (χ3n) is 3.77. The van der Waals surface area contributed by atoms with Crippen LogP contribution in [0.25, 0.3) is 0 Å². The smallest absolute Gasteiger partial charge is 0.0684 e.